The predicted octanol–water partition coefficient (Wildman–Crippen LogP) is 3.13. The van der Waals surface area contributed by atoms with E-state index in [2.05, 4.69) is 15.6 Å². The Morgan fingerprint density at radius 2 is 2.09 bits per heavy atom. The molecule has 3 rings (SSSR count). The van der Waals surface area contributed by atoms with E-state index >= 15 is 0 Å². The van der Waals surface area contributed by atoms with Gasteiger partial charge < -0.3 is 10.6 Å². The quantitative estimate of drug-likeness (QED) is 0.903. The lowest BCUT2D eigenvalue weighted by Crippen LogP contribution is -2.22. The Labute approximate surface area is 142 Å². The van der Waals surface area contributed by atoms with Crippen molar-refractivity contribution < 1.29 is 4.79 Å². The van der Waals surface area contributed by atoms with Crippen molar-refractivity contribution in [1.82, 2.24) is 10.3 Å². The molecule has 1 aromatic heterocycles. The summed E-state index contributed by atoms with van der Waals surface area (Å²) >= 11 is 0. The summed E-state index contributed by atoms with van der Waals surface area (Å²) in [6, 6.07) is 9.74. The van der Waals surface area contributed by atoms with E-state index in [1.54, 1.807) is 6.20 Å². The van der Waals surface area contributed by atoms with Gasteiger partial charge in [-0.25, -0.2) is 0 Å². The van der Waals surface area contributed by atoms with E-state index in [1.807, 2.05) is 37.3 Å². The maximum Gasteiger partial charge on any atom is 0.251 e. The Bertz CT molecular complexity index is 644. The van der Waals surface area contributed by atoms with Crippen LogP contribution < -0.4 is 10.6 Å². The van der Waals surface area contributed by atoms with Crippen molar-refractivity contribution in [2.24, 2.45) is 0 Å². The first-order valence-corrected chi connectivity index (χ1v) is 6.79. The van der Waals surface area contributed by atoms with Gasteiger partial charge >= 0.3 is 0 Å². The summed E-state index contributed by atoms with van der Waals surface area (Å²) in [7, 11) is 0. The monoisotopic (exact) mass is 339 g/mol. The highest BCUT2D eigenvalue weighted by atomic mass is 35.5. The van der Waals surface area contributed by atoms with Crippen molar-refractivity contribution >= 4 is 36.4 Å². The summed E-state index contributed by atoms with van der Waals surface area (Å²) in [5.74, 6) is -0.0414. The van der Waals surface area contributed by atoms with Gasteiger partial charge in [-0.1, -0.05) is 6.07 Å². The molecule has 1 amide bonds. The Kier molecular flexibility index (Phi) is 6.65. The van der Waals surface area contributed by atoms with Crippen LogP contribution in [0.3, 0.4) is 0 Å². The predicted molar refractivity (Wildman–Crippen MR) is 93.3 cm³/mol. The molecule has 22 heavy (non-hydrogen) atoms. The van der Waals surface area contributed by atoms with Gasteiger partial charge in [-0.3, -0.25) is 9.78 Å². The highest BCUT2D eigenvalue weighted by Gasteiger charge is 2.13. The normalized spacial score (nSPS) is 11.5. The van der Waals surface area contributed by atoms with Gasteiger partial charge in [0.05, 0.1) is 0 Å². The molecule has 1 aliphatic heterocycles. The second-order valence-electron chi connectivity index (χ2n) is 5.04. The summed E-state index contributed by atoms with van der Waals surface area (Å²) in [6.07, 6.45) is 2.78. The third-order valence-electron chi connectivity index (χ3n) is 3.50. The van der Waals surface area contributed by atoms with Crippen LogP contribution in [0.1, 0.15) is 27.2 Å². The first-order chi connectivity index (χ1) is 9.72. The zero-order chi connectivity index (χ0) is 13.9. The van der Waals surface area contributed by atoms with Crippen LogP contribution >= 0.6 is 24.8 Å². The Hall–Kier alpha value is -1.78. The third-order valence-corrected chi connectivity index (χ3v) is 3.50. The van der Waals surface area contributed by atoms with Gasteiger partial charge in [0.1, 0.15) is 0 Å². The maximum absolute atomic E-state index is 12.1. The number of rotatable bonds is 3. The molecule has 0 saturated carbocycles. The number of carbonyl (C=O) groups excluding carboxylic acids is 1. The molecule has 0 saturated heterocycles. The van der Waals surface area contributed by atoms with Gasteiger partial charge in [0, 0.05) is 36.2 Å². The number of halogens is 2. The number of benzene rings is 1. The highest BCUT2D eigenvalue weighted by molar-refractivity contribution is 5.95. The second-order valence-corrected chi connectivity index (χ2v) is 5.04. The molecule has 0 atom stereocenters. The van der Waals surface area contributed by atoms with Gasteiger partial charge in [-0.2, -0.15) is 0 Å². The van der Waals surface area contributed by atoms with E-state index in [9.17, 15) is 4.79 Å². The van der Waals surface area contributed by atoms with Gasteiger partial charge in [-0.15, -0.1) is 24.8 Å². The van der Waals surface area contributed by atoms with Crippen molar-refractivity contribution in [2.45, 2.75) is 19.9 Å². The van der Waals surface area contributed by atoms with Crippen LogP contribution in [0.5, 0.6) is 0 Å². The SMILES string of the molecule is Cc1ccc(CNC(=O)c2ccc3c(c2)CCN3)cn1.Cl.Cl. The van der Waals surface area contributed by atoms with Crippen LogP contribution in [-0.4, -0.2) is 17.4 Å². The second kappa shape index (κ2) is 8.01. The molecular formula is C16H19Cl2N3O. The molecule has 0 bridgehead atoms. The fourth-order valence-electron chi connectivity index (χ4n) is 2.33. The van der Waals surface area contributed by atoms with Gasteiger partial charge in [0.25, 0.3) is 5.91 Å². The van der Waals surface area contributed by atoms with Crippen molar-refractivity contribution in [3.05, 3.63) is 58.9 Å². The fraction of sp³-hybridized carbons (Fsp3) is 0.250. The van der Waals surface area contributed by atoms with E-state index in [0.29, 0.717) is 12.1 Å². The molecule has 118 valence electrons. The zero-order valence-corrected chi connectivity index (χ0v) is 13.9. The Morgan fingerprint density at radius 1 is 1.27 bits per heavy atom. The zero-order valence-electron chi connectivity index (χ0n) is 12.3. The molecule has 0 spiro atoms. The van der Waals surface area contributed by atoms with Crippen LogP contribution in [0, 0.1) is 6.92 Å². The highest BCUT2D eigenvalue weighted by Crippen LogP contribution is 2.22. The Morgan fingerprint density at radius 3 is 2.82 bits per heavy atom. The number of pyridine rings is 1. The van der Waals surface area contributed by atoms with Crippen LogP contribution in [0.2, 0.25) is 0 Å². The lowest BCUT2D eigenvalue weighted by atomic mass is 10.1. The lowest BCUT2D eigenvalue weighted by Gasteiger charge is -2.07. The summed E-state index contributed by atoms with van der Waals surface area (Å²) in [5, 5.41) is 6.22. The van der Waals surface area contributed by atoms with Gasteiger partial charge in [0.2, 0.25) is 0 Å². The summed E-state index contributed by atoms with van der Waals surface area (Å²) in [5.41, 5.74) is 5.06. The molecule has 2 N–H and O–H groups in total. The number of fused-ring (bicyclic) bond motifs is 1. The molecule has 4 nitrogen and oxygen atoms in total. The number of aromatic nitrogens is 1. The molecule has 1 aliphatic rings. The number of nitrogens with one attached hydrogen (secondary N) is 2. The first kappa shape index (κ1) is 18.3. The van der Waals surface area contributed by atoms with Crippen molar-refractivity contribution in [3.63, 3.8) is 0 Å². The molecule has 0 radical (unpaired) electrons. The maximum atomic E-state index is 12.1. The minimum atomic E-state index is -0.0414. The van der Waals surface area contributed by atoms with Crippen LogP contribution in [0.15, 0.2) is 36.5 Å². The number of anilines is 1. The van der Waals surface area contributed by atoms with E-state index in [-0.39, 0.29) is 30.7 Å². The van der Waals surface area contributed by atoms with Crippen LogP contribution in [-0.2, 0) is 13.0 Å². The Balaban J connectivity index is 0.00000121. The molecule has 6 heteroatoms. The van der Waals surface area contributed by atoms with E-state index in [1.165, 1.54) is 5.56 Å². The minimum absolute atomic E-state index is 0. The average molecular weight is 340 g/mol. The third kappa shape index (κ3) is 4.12. The van der Waals surface area contributed by atoms with Crippen molar-refractivity contribution in [3.8, 4) is 0 Å². The fourth-order valence-corrected chi connectivity index (χ4v) is 2.33. The summed E-state index contributed by atoms with van der Waals surface area (Å²) in [4.78, 5) is 16.4. The minimum Gasteiger partial charge on any atom is -0.384 e. The number of hydrogen-bond acceptors (Lipinski definition) is 3. The number of amides is 1. The van der Waals surface area contributed by atoms with E-state index in [4.69, 9.17) is 0 Å². The molecule has 2 aromatic rings. The van der Waals surface area contributed by atoms with Gasteiger partial charge in [0.15, 0.2) is 0 Å². The number of carbonyl (C=O) groups is 1. The molecule has 0 aliphatic carbocycles. The topological polar surface area (TPSA) is 54.0 Å². The van der Waals surface area contributed by atoms with E-state index in [0.717, 1.165) is 29.9 Å². The van der Waals surface area contributed by atoms with Crippen molar-refractivity contribution in [1.29, 1.82) is 0 Å². The molecular weight excluding hydrogens is 321 g/mol. The largest absolute Gasteiger partial charge is 0.384 e. The van der Waals surface area contributed by atoms with Crippen LogP contribution in [0.4, 0.5) is 5.69 Å². The number of aryl methyl sites for hydroxylation is 1. The summed E-state index contributed by atoms with van der Waals surface area (Å²) in [6.45, 7) is 3.40. The lowest BCUT2D eigenvalue weighted by molar-refractivity contribution is 0.0951. The molecule has 0 fully saturated rings. The molecule has 2 heterocycles. The number of hydrogen-bond donors (Lipinski definition) is 2. The van der Waals surface area contributed by atoms with Gasteiger partial charge in [-0.05, 0) is 48.7 Å². The molecule has 1 aromatic carbocycles. The smallest absolute Gasteiger partial charge is 0.251 e. The first-order valence-electron chi connectivity index (χ1n) is 6.79. The van der Waals surface area contributed by atoms with Crippen LogP contribution in [0.25, 0.3) is 0 Å². The average Bonchev–Trinajstić information content (AvgIpc) is 2.93. The standard InChI is InChI=1S/C16H17N3O.2ClH/c1-11-2-3-12(9-18-11)10-19-16(20)14-4-5-15-13(8-14)6-7-17-15;;/h2-5,8-9,17H,6-7,10H2,1H3,(H,19,20);2*1H. The van der Waals surface area contributed by atoms with E-state index < -0.39 is 0 Å². The summed E-state index contributed by atoms with van der Waals surface area (Å²) < 4.78 is 0. The number of nitrogens with zero attached hydrogens (tertiary/aromatic N) is 1. The van der Waals surface area contributed by atoms with Crippen molar-refractivity contribution in [2.75, 3.05) is 11.9 Å². The molecule has 0 unspecified atom stereocenters.